The molecule has 72 valence electrons. The van der Waals surface area contributed by atoms with Crippen LogP contribution in [0.3, 0.4) is 0 Å². The SMILES string of the molecule is CNC(C)C(F)c1ccc(F)cc1. The minimum atomic E-state index is -1.09. The minimum absolute atomic E-state index is 0.259. The number of halogens is 2. The first-order valence-electron chi connectivity index (χ1n) is 4.22. The van der Waals surface area contributed by atoms with E-state index in [1.54, 1.807) is 14.0 Å². The number of likely N-dealkylation sites (N-methyl/N-ethyl adjacent to an activating group) is 1. The summed E-state index contributed by atoms with van der Waals surface area (Å²) in [6.07, 6.45) is -1.09. The quantitative estimate of drug-likeness (QED) is 0.762. The van der Waals surface area contributed by atoms with Crippen LogP contribution in [0.15, 0.2) is 24.3 Å². The second-order valence-electron chi connectivity index (χ2n) is 3.03. The molecule has 0 amide bonds. The average molecular weight is 185 g/mol. The van der Waals surface area contributed by atoms with Crippen molar-refractivity contribution in [3.63, 3.8) is 0 Å². The molecule has 0 radical (unpaired) electrons. The van der Waals surface area contributed by atoms with Gasteiger partial charge in [0.25, 0.3) is 0 Å². The second-order valence-corrected chi connectivity index (χ2v) is 3.03. The third kappa shape index (κ3) is 2.49. The molecular weight excluding hydrogens is 172 g/mol. The highest BCUT2D eigenvalue weighted by molar-refractivity contribution is 5.19. The van der Waals surface area contributed by atoms with Gasteiger partial charge in [-0.25, -0.2) is 8.78 Å². The summed E-state index contributed by atoms with van der Waals surface area (Å²) in [6, 6.07) is 5.21. The predicted octanol–water partition coefficient (Wildman–Crippen LogP) is 2.44. The van der Waals surface area contributed by atoms with E-state index < -0.39 is 6.17 Å². The summed E-state index contributed by atoms with van der Waals surface area (Å²) in [6.45, 7) is 1.74. The molecule has 1 nitrogen and oxygen atoms in total. The molecule has 13 heavy (non-hydrogen) atoms. The van der Waals surface area contributed by atoms with Gasteiger partial charge in [0.1, 0.15) is 12.0 Å². The summed E-state index contributed by atoms with van der Waals surface area (Å²) in [4.78, 5) is 0. The van der Waals surface area contributed by atoms with Gasteiger partial charge >= 0.3 is 0 Å². The smallest absolute Gasteiger partial charge is 0.140 e. The zero-order valence-electron chi connectivity index (χ0n) is 7.72. The van der Waals surface area contributed by atoms with Crippen LogP contribution < -0.4 is 5.32 Å². The molecule has 0 heterocycles. The van der Waals surface area contributed by atoms with E-state index in [1.165, 1.54) is 24.3 Å². The maximum Gasteiger partial charge on any atom is 0.140 e. The van der Waals surface area contributed by atoms with E-state index in [-0.39, 0.29) is 11.9 Å². The second kappa shape index (κ2) is 4.33. The molecule has 0 aromatic heterocycles. The predicted molar refractivity (Wildman–Crippen MR) is 48.8 cm³/mol. The van der Waals surface area contributed by atoms with E-state index in [0.717, 1.165) is 0 Å². The van der Waals surface area contributed by atoms with Gasteiger partial charge in [0, 0.05) is 6.04 Å². The molecule has 1 N–H and O–H groups in total. The van der Waals surface area contributed by atoms with Crippen molar-refractivity contribution in [1.29, 1.82) is 0 Å². The van der Waals surface area contributed by atoms with Gasteiger partial charge < -0.3 is 5.32 Å². The highest BCUT2D eigenvalue weighted by atomic mass is 19.1. The molecule has 1 aromatic carbocycles. The molecule has 1 aromatic rings. The Balaban J connectivity index is 2.77. The van der Waals surface area contributed by atoms with Crippen LogP contribution in [-0.2, 0) is 0 Å². The van der Waals surface area contributed by atoms with Gasteiger partial charge in [0.2, 0.25) is 0 Å². The number of alkyl halides is 1. The topological polar surface area (TPSA) is 12.0 Å². The highest BCUT2D eigenvalue weighted by Crippen LogP contribution is 2.20. The van der Waals surface area contributed by atoms with E-state index in [0.29, 0.717) is 5.56 Å². The van der Waals surface area contributed by atoms with Crippen molar-refractivity contribution in [2.45, 2.75) is 19.1 Å². The van der Waals surface area contributed by atoms with Gasteiger partial charge in [-0.15, -0.1) is 0 Å². The number of rotatable bonds is 3. The Hall–Kier alpha value is -0.960. The molecule has 1 rings (SSSR count). The van der Waals surface area contributed by atoms with Crippen molar-refractivity contribution in [3.05, 3.63) is 35.6 Å². The molecule has 2 atom stereocenters. The van der Waals surface area contributed by atoms with Crippen molar-refractivity contribution >= 4 is 0 Å². The van der Waals surface area contributed by atoms with Crippen molar-refractivity contribution < 1.29 is 8.78 Å². The Morgan fingerprint density at radius 1 is 1.23 bits per heavy atom. The Labute approximate surface area is 76.8 Å². The summed E-state index contributed by atoms with van der Waals surface area (Å²) in [5.74, 6) is -0.340. The van der Waals surface area contributed by atoms with E-state index in [1.807, 2.05) is 0 Å². The maximum atomic E-state index is 13.5. The fourth-order valence-electron chi connectivity index (χ4n) is 1.08. The van der Waals surface area contributed by atoms with Crippen molar-refractivity contribution in [1.82, 2.24) is 5.32 Å². The summed E-state index contributed by atoms with van der Waals surface area (Å²) in [5.41, 5.74) is 0.503. The summed E-state index contributed by atoms with van der Waals surface area (Å²) in [5, 5.41) is 2.81. The lowest BCUT2D eigenvalue weighted by molar-refractivity contribution is 0.275. The zero-order chi connectivity index (χ0) is 9.84. The molecule has 0 saturated carbocycles. The zero-order valence-corrected chi connectivity index (χ0v) is 7.72. The summed E-state index contributed by atoms with van der Waals surface area (Å²) < 4.78 is 26.0. The van der Waals surface area contributed by atoms with Crippen LogP contribution >= 0.6 is 0 Å². The molecular formula is C10H13F2N. The van der Waals surface area contributed by atoms with Crippen LogP contribution in [0.25, 0.3) is 0 Å². The van der Waals surface area contributed by atoms with Crippen molar-refractivity contribution in [2.75, 3.05) is 7.05 Å². The van der Waals surface area contributed by atoms with Crippen molar-refractivity contribution in [3.8, 4) is 0 Å². The molecule has 0 spiro atoms. The Kier molecular flexibility index (Phi) is 3.37. The lowest BCUT2D eigenvalue weighted by Gasteiger charge is -2.15. The first-order valence-corrected chi connectivity index (χ1v) is 4.22. The molecule has 0 aliphatic heterocycles. The molecule has 0 aliphatic rings. The number of hydrogen-bond acceptors (Lipinski definition) is 1. The Bertz CT molecular complexity index is 258. The van der Waals surface area contributed by atoms with E-state index in [9.17, 15) is 8.78 Å². The molecule has 0 fully saturated rings. The highest BCUT2D eigenvalue weighted by Gasteiger charge is 2.16. The fourth-order valence-corrected chi connectivity index (χ4v) is 1.08. The van der Waals surface area contributed by atoms with E-state index in [4.69, 9.17) is 0 Å². The molecule has 0 saturated heterocycles. The van der Waals surface area contributed by atoms with Crippen LogP contribution in [0.1, 0.15) is 18.7 Å². The van der Waals surface area contributed by atoms with Gasteiger partial charge in [-0.1, -0.05) is 12.1 Å². The third-order valence-corrected chi connectivity index (χ3v) is 2.08. The lowest BCUT2D eigenvalue weighted by atomic mass is 10.1. The first-order chi connectivity index (χ1) is 6.15. The number of hydrogen-bond donors (Lipinski definition) is 1. The first kappa shape index (κ1) is 10.1. The summed E-state index contributed by atoms with van der Waals surface area (Å²) in [7, 11) is 1.70. The van der Waals surface area contributed by atoms with Gasteiger partial charge in [-0.2, -0.15) is 0 Å². The van der Waals surface area contributed by atoms with Gasteiger partial charge in [-0.05, 0) is 31.7 Å². The Morgan fingerprint density at radius 2 is 1.77 bits per heavy atom. The largest absolute Gasteiger partial charge is 0.314 e. The van der Waals surface area contributed by atoms with Crippen LogP contribution in [0.4, 0.5) is 8.78 Å². The normalized spacial score (nSPS) is 15.4. The van der Waals surface area contributed by atoms with E-state index in [2.05, 4.69) is 5.32 Å². The molecule has 3 heteroatoms. The van der Waals surface area contributed by atoms with Crippen LogP contribution in [0, 0.1) is 5.82 Å². The van der Waals surface area contributed by atoms with Crippen LogP contribution in [-0.4, -0.2) is 13.1 Å². The Morgan fingerprint density at radius 3 is 2.23 bits per heavy atom. The van der Waals surface area contributed by atoms with Crippen molar-refractivity contribution in [2.24, 2.45) is 0 Å². The number of benzene rings is 1. The third-order valence-electron chi connectivity index (χ3n) is 2.08. The average Bonchev–Trinajstić information content (AvgIpc) is 2.17. The lowest BCUT2D eigenvalue weighted by Crippen LogP contribution is -2.26. The van der Waals surface area contributed by atoms with Gasteiger partial charge in [0.15, 0.2) is 0 Å². The van der Waals surface area contributed by atoms with Crippen LogP contribution in [0.2, 0.25) is 0 Å². The molecule has 0 bridgehead atoms. The standard InChI is InChI=1S/C10H13F2N/c1-7(13-2)10(12)8-3-5-9(11)6-4-8/h3-7,10,13H,1-2H3. The van der Waals surface area contributed by atoms with E-state index >= 15 is 0 Å². The monoisotopic (exact) mass is 185 g/mol. The fraction of sp³-hybridized carbons (Fsp3) is 0.400. The molecule has 2 unspecified atom stereocenters. The van der Waals surface area contributed by atoms with Gasteiger partial charge in [-0.3, -0.25) is 0 Å². The van der Waals surface area contributed by atoms with Crippen LogP contribution in [0.5, 0.6) is 0 Å². The maximum absolute atomic E-state index is 13.5. The van der Waals surface area contributed by atoms with Gasteiger partial charge in [0.05, 0.1) is 0 Å². The minimum Gasteiger partial charge on any atom is -0.314 e. The number of nitrogens with one attached hydrogen (secondary N) is 1. The molecule has 0 aliphatic carbocycles. The summed E-state index contributed by atoms with van der Waals surface area (Å²) >= 11 is 0.